The van der Waals surface area contributed by atoms with Crippen LogP contribution in [0, 0.1) is 5.82 Å². The number of hydrogen-bond donors (Lipinski definition) is 2. The molecule has 2 heterocycles. The molecule has 0 aliphatic carbocycles. The van der Waals surface area contributed by atoms with E-state index >= 15 is 0 Å². The Hall–Kier alpha value is -2.51. The number of benzene rings is 2. The molecule has 3 aromatic rings. The molecule has 0 bridgehead atoms. The van der Waals surface area contributed by atoms with Crippen LogP contribution in [0.1, 0.15) is 22.2 Å². The predicted molar refractivity (Wildman–Crippen MR) is 100.0 cm³/mol. The number of nitrogens with one attached hydrogen (secondary N) is 2. The van der Waals surface area contributed by atoms with Crippen LogP contribution in [0.2, 0.25) is 0 Å². The van der Waals surface area contributed by atoms with Crippen LogP contribution in [0.5, 0.6) is 0 Å². The number of aromatic nitrogens is 2. The molecule has 1 atom stereocenters. The number of carbonyl (C=O) groups is 1. The lowest BCUT2D eigenvalue weighted by atomic mass is 10.1. The lowest BCUT2D eigenvalue weighted by Crippen LogP contribution is -2.45. The first-order valence-corrected chi connectivity index (χ1v) is 9.01. The maximum atomic E-state index is 13.1. The number of amides is 1. The average Bonchev–Trinajstić information content (AvgIpc) is 3.08. The summed E-state index contributed by atoms with van der Waals surface area (Å²) < 4.78 is 15.9. The molecule has 1 amide bonds. The summed E-state index contributed by atoms with van der Waals surface area (Å²) in [5.74, 6) is -0.463. The van der Waals surface area contributed by atoms with E-state index in [1.54, 1.807) is 22.9 Å². The second kappa shape index (κ2) is 7.01. The maximum Gasteiger partial charge on any atom is 0.269 e. The quantitative estimate of drug-likeness (QED) is 0.686. The van der Waals surface area contributed by atoms with Gasteiger partial charge in [-0.25, -0.2) is 9.07 Å². The lowest BCUT2D eigenvalue weighted by Gasteiger charge is -2.25. The molecule has 0 radical (unpaired) electrons. The van der Waals surface area contributed by atoms with Gasteiger partial charge >= 0.3 is 0 Å². The van der Waals surface area contributed by atoms with E-state index in [1.807, 2.05) is 24.3 Å². The van der Waals surface area contributed by atoms with Gasteiger partial charge in [-0.05, 0) is 48.0 Å². The van der Waals surface area contributed by atoms with Gasteiger partial charge in [0.25, 0.3) is 5.91 Å². The normalized spacial score (nSPS) is 16.2. The third kappa shape index (κ3) is 3.40. The summed E-state index contributed by atoms with van der Waals surface area (Å²) in [7, 11) is 0. The Bertz CT molecular complexity index is 954. The van der Waals surface area contributed by atoms with Crippen molar-refractivity contribution in [2.45, 2.75) is 12.7 Å². The van der Waals surface area contributed by atoms with Crippen LogP contribution < -0.4 is 10.6 Å². The summed E-state index contributed by atoms with van der Waals surface area (Å²) in [4.78, 5) is 12.2. The van der Waals surface area contributed by atoms with Gasteiger partial charge in [0.2, 0.25) is 0 Å². The molecule has 4 rings (SSSR count). The molecule has 2 aromatic carbocycles. The summed E-state index contributed by atoms with van der Waals surface area (Å²) in [5, 5.41) is 10.9. The summed E-state index contributed by atoms with van der Waals surface area (Å²) in [5.41, 5.74) is 3.03. The Labute approximate surface area is 158 Å². The van der Waals surface area contributed by atoms with Gasteiger partial charge in [-0.2, -0.15) is 5.10 Å². The third-order valence-electron chi connectivity index (χ3n) is 4.29. The van der Waals surface area contributed by atoms with Crippen molar-refractivity contribution in [1.82, 2.24) is 20.4 Å². The van der Waals surface area contributed by atoms with Crippen molar-refractivity contribution in [3.8, 4) is 11.3 Å². The van der Waals surface area contributed by atoms with E-state index in [9.17, 15) is 9.18 Å². The number of hydrogen-bond acceptors (Lipinski definition) is 3. The fourth-order valence-corrected chi connectivity index (χ4v) is 3.42. The molecule has 2 N–H and O–H groups in total. The lowest BCUT2D eigenvalue weighted by molar-refractivity contribution is 0.0900. The zero-order valence-corrected chi connectivity index (χ0v) is 15.3. The molecule has 0 saturated heterocycles. The highest BCUT2D eigenvalue weighted by Gasteiger charge is 2.27. The maximum absolute atomic E-state index is 13.1. The van der Waals surface area contributed by atoms with E-state index in [-0.39, 0.29) is 17.9 Å². The van der Waals surface area contributed by atoms with Gasteiger partial charge in [0.1, 0.15) is 17.7 Å². The molecule has 5 nitrogen and oxygen atoms in total. The van der Waals surface area contributed by atoms with Crippen LogP contribution in [0.25, 0.3) is 11.3 Å². The molecular formula is C19H16BrFN4O. The van der Waals surface area contributed by atoms with Crippen LogP contribution in [0.15, 0.2) is 59.1 Å². The van der Waals surface area contributed by atoms with Crippen LogP contribution in [-0.2, 0) is 6.54 Å². The minimum atomic E-state index is -0.302. The topological polar surface area (TPSA) is 59.0 Å². The zero-order valence-electron chi connectivity index (χ0n) is 13.7. The molecule has 26 heavy (non-hydrogen) atoms. The van der Waals surface area contributed by atoms with Gasteiger partial charge in [0.05, 0.1) is 12.2 Å². The monoisotopic (exact) mass is 414 g/mol. The first-order chi connectivity index (χ1) is 12.6. The third-order valence-corrected chi connectivity index (χ3v) is 4.78. The van der Waals surface area contributed by atoms with Crippen LogP contribution in [0.3, 0.4) is 0 Å². The Morgan fingerprint density at radius 1 is 1.23 bits per heavy atom. The number of carbonyl (C=O) groups excluding carboxylic acids is 1. The van der Waals surface area contributed by atoms with E-state index < -0.39 is 0 Å². The molecule has 7 heteroatoms. The summed E-state index contributed by atoms with van der Waals surface area (Å²) in [6.07, 6.45) is -0.157. The van der Waals surface area contributed by atoms with Crippen molar-refractivity contribution in [1.29, 1.82) is 0 Å². The zero-order chi connectivity index (χ0) is 18.1. The number of fused-ring (bicyclic) bond motifs is 1. The van der Waals surface area contributed by atoms with Gasteiger partial charge in [-0.3, -0.25) is 10.1 Å². The van der Waals surface area contributed by atoms with Crippen molar-refractivity contribution in [3.63, 3.8) is 0 Å². The van der Waals surface area contributed by atoms with E-state index in [2.05, 4.69) is 31.7 Å². The second-order valence-corrected chi connectivity index (χ2v) is 7.02. The molecule has 0 spiro atoms. The van der Waals surface area contributed by atoms with Gasteiger partial charge in [0, 0.05) is 16.6 Å². The SMILES string of the molecule is O=C1NC[C@H](NCc2cccc(Br)c2)n2nc(-c3ccc(F)cc3)cc21. The predicted octanol–water partition coefficient (Wildman–Crippen LogP) is 3.48. The van der Waals surface area contributed by atoms with Crippen molar-refractivity contribution in [2.75, 3.05) is 6.54 Å². The molecule has 1 aliphatic rings. The Kier molecular flexibility index (Phi) is 4.57. The van der Waals surface area contributed by atoms with Crippen molar-refractivity contribution < 1.29 is 9.18 Å². The summed E-state index contributed by atoms with van der Waals surface area (Å²) in [6.45, 7) is 1.09. The Morgan fingerprint density at radius 3 is 2.81 bits per heavy atom. The van der Waals surface area contributed by atoms with E-state index in [0.717, 1.165) is 15.6 Å². The fourth-order valence-electron chi connectivity index (χ4n) is 2.97. The highest BCUT2D eigenvalue weighted by Crippen LogP contribution is 2.23. The van der Waals surface area contributed by atoms with E-state index in [4.69, 9.17) is 0 Å². The van der Waals surface area contributed by atoms with Gasteiger partial charge in [-0.15, -0.1) is 0 Å². The van der Waals surface area contributed by atoms with Gasteiger partial charge < -0.3 is 5.32 Å². The van der Waals surface area contributed by atoms with Crippen molar-refractivity contribution in [2.24, 2.45) is 0 Å². The summed E-state index contributed by atoms with van der Waals surface area (Å²) in [6, 6.07) is 15.9. The minimum absolute atomic E-state index is 0.157. The first kappa shape index (κ1) is 16.9. The number of nitrogens with zero attached hydrogens (tertiary/aromatic N) is 2. The highest BCUT2D eigenvalue weighted by molar-refractivity contribution is 9.10. The molecule has 1 aromatic heterocycles. The molecule has 132 valence electrons. The van der Waals surface area contributed by atoms with Crippen molar-refractivity contribution >= 4 is 21.8 Å². The second-order valence-electron chi connectivity index (χ2n) is 6.10. The highest BCUT2D eigenvalue weighted by atomic mass is 79.9. The van der Waals surface area contributed by atoms with E-state index in [1.165, 1.54) is 12.1 Å². The fraction of sp³-hybridized carbons (Fsp3) is 0.158. The average molecular weight is 415 g/mol. The summed E-state index contributed by atoms with van der Waals surface area (Å²) >= 11 is 3.47. The molecule has 1 aliphatic heterocycles. The molecule has 0 fully saturated rings. The first-order valence-electron chi connectivity index (χ1n) is 8.22. The van der Waals surface area contributed by atoms with Crippen molar-refractivity contribution in [3.05, 3.63) is 76.1 Å². The molecule has 0 unspecified atom stereocenters. The van der Waals surface area contributed by atoms with Crippen LogP contribution >= 0.6 is 15.9 Å². The molecule has 0 saturated carbocycles. The van der Waals surface area contributed by atoms with Gasteiger partial charge in [0.15, 0.2) is 0 Å². The molecular weight excluding hydrogens is 399 g/mol. The number of rotatable bonds is 4. The Morgan fingerprint density at radius 2 is 2.04 bits per heavy atom. The smallest absolute Gasteiger partial charge is 0.269 e. The number of halogens is 2. The van der Waals surface area contributed by atoms with Gasteiger partial charge in [-0.1, -0.05) is 28.1 Å². The standard InChI is InChI=1S/C19H16BrFN4O/c20-14-3-1-2-12(8-14)10-22-18-11-23-19(26)17-9-16(24-25(17)18)13-4-6-15(21)7-5-13/h1-9,18,22H,10-11H2,(H,23,26)/t18-/m1/s1. The Balaban J connectivity index is 1.59. The van der Waals surface area contributed by atoms with E-state index in [0.29, 0.717) is 24.5 Å². The van der Waals surface area contributed by atoms with Crippen LogP contribution in [-0.4, -0.2) is 22.2 Å². The largest absolute Gasteiger partial charge is 0.347 e. The minimum Gasteiger partial charge on any atom is -0.347 e. The van der Waals surface area contributed by atoms with Crippen LogP contribution in [0.4, 0.5) is 4.39 Å².